The van der Waals surface area contributed by atoms with Crippen molar-refractivity contribution < 1.29 is 13.9 Å². The molecule has 0 saturated carbocycles. The molecule has 0 bridgehead atoms. The number of aromatic nitrogens is 3. The zero-order valence-corrected chi connectivity index (χ0v) is 17.9. The third kappa shape index (κ3) is 4.71. The molecule has 0 atom stereocenters. The second-order valence-corrected chi connectivity index (χ2v) is 7.19. The third-order valence-corrected chi connectivity index (χ3v) is 5.03. The smallest absolute Gasteiger partial charge is 0.214 e. The van der Waals surface area contributed by atoms with Gasteiger partial charge in [0.05, 0.1) is 13.2 Å². The van der Waals surface area contributed by atoms with Crippen LogP contribution in [0.1, 0.15) is 23.9 Å². The topological polar surface area (TPSA) is 64.1 Å². The first-order valence-electron chi connectivity index (χ1n) is 8.69. The molecule has 0 aliphatic heterocycles. The molecule has 3 rings (SSSR count). The van der Waals surface area contributed by atoms with Crippen LogP contribution in [0.2, 0.25) is 0 Å². The number of nitrogens with one attached hydrogen (secondary N) is 2. The number of hydrogen-bond donors (Lipinski definition) is 2. The van der Waals surface area contributed by atoms with Crippen molar-refractivity contribution in [3.05, 3.63) is 68.4 Å². The number of aryl methyl sites for hydroxylation is 1. The quantitative estimate of drug-likeness (QED) is 0.463. The number of aromatic amines is 1. The van der Waals surface area contributed by atoms with Crippen LogP contribution in [0.25, 0.3) is 0 Å². The average Bonchev–Trinajstić information content (AvgIpc) is 2.99. The summed E-state index contributed by atoms with van der Waals surface area (Å²) >= 11 is 8.76. The molecule has 0 aliphatic rings. The van der Waals surface area contributed by atoms with Crippen LogP contribution in [-0.2, 0) is 13.2 Å². The van der Waals surface area contributed by atoms with E-state index < -0.39 is 0 Å². The number of benzene rings is 2. The first kappa shape index (κ1) is 20.3. The Bertz CT molecular complexity index is 1020. The van der Waals surface area contributed by atoms with Crippen molar-refractivity contribution in [2.75, 3.05) is 12.0 Å². The maximum atomic E-state index is 13.8. The van der Waals surface area contributed by atoms with Gasteiger partial charge in [-0.2, -0.15) is 5.10 Å². The SMILES string of the molecule is CCOc1cc(CNn2c(C)n[nH]c2=S)c(Br)cc1OCc1ccccc1F. The van der Waals surface area contributed by atoms with Crippen molar-refractivity contribution in [3.8, 4) is 11.5 Å². The molecule has 0 spiro atoms. The van der Waals surface area contributed by atoms with E-state index in [1.165, 1.54) is 6.07 Å². The van der Waals surface area contributed by atoms with Crippen molar-refractivity contribution in [1.29, 1.82) is 0 Å². The van der Waals surface area contributed by atoms with Crippen molar-refractivity contribution in [1.82, 2.24) is 14.9 Å². The highest BCUT2D eigenvalue weighted by atomic mass is 79.9. The van der Waals surface area contributed by atoms with Gasteiger partial charge in [-0.15, -0.1) is 0 Å². The van der Waals surface area contributed by atoms with Crippen molar-refractivity contribution in [2.45, 2.75) is 27.0 Å². The van der Waals surface area contributed by atoms with E-state index >= 15 is 0 Å². The van der Waals surface area contributed by atoms with Gasteiger partial charge >= 0.3 is 0 Å². The Morgan fingerprint density at radius 2 is 1.96 bits per heavy atom. The Hall–Kier alpha value is -2.39. The number of ether oxygens (including phenoxy) is 2. The second kappa shape index (κ2) is 9.20. The van der Waals surface area contributed by atoms with Gasteiger partial charge in [-0.3, -0.25) is 5.10 Å². The van der Waals surface area contributed by atoms with Crippen LogP contribution in [-0.4, -0.2) is 21.5 Å². The fourth-order valence-corrected chi connectivity index (χ4v) is 3.30. The number of H-pyrrole nitrogens is 1. The van der Waals surface area contributed by atoms with Crippen molar-refractivity contribution >= 4 is 28.1 Å². The number of halogens is 2. The number of hydrogen-bond acceptors (Lipinski definition) is 5. The minimum Gasteiger partial charge on any atom is -0.490 e. The van der Waals surface area contributed by atoms with Crippen LogP contribution in [0.3, 0.4) is 0 Å². The predicted octanol–water partition coefficient (Wildman–Crippen LogP) is 4.87. The Morgan fingerprint density at radius 1 is 1.21 bits per heavy atom. The normalized spacial score (nSPS) is 10.7. The molecule has 0 saturated heterocycles. The summed E-state index contributed by atoms with van der Waals surface area (Å²) in [5.74, 6) is 1.56. The molecule has 0 radical (unpaired) electrons. The zero-order valence-electron chi connectivity index (χ0n) is 15.5. The van der Waals surface area contributed by atoms with Crippen LogP contribution >= 0.6 is 28.1 Å². The largest absolute Gasteiger partial charge is 0.490 e. The lowest BCUT2D eigenvalue weighted by molar-refractivity contribution is 0.265. The zero-order chi connectivity index (χ0) is 20.1. The van der Waals surface area contributed by atoms with Gasteiger partial charge < -0.3 is 14.9 Å². The molecule has 3 aromatic rings. The molecule has 148 valence electrons. The van der Waals surface area contributed by atoms with E-state index in [1.54, 1.807) is 22.9 Å². The van der Waals surface area contributed by atoms with Crippen LogP contribution in [0, 0.1) is 17.5 Å². The van der Waals surface area contributed by atoms with E-state index in [4.69, 9.17) is 21.7 Å². The molecule has 0 aliphatic carbocycles. The molecule has 2 N–H and O–H groups in total. The minimum atomic E-state index is -0.299. The van der Waals surface area contributed by atoms with Gasteiger partial charge in [0, 0.05) is 10.0 Å². The monoisotopic (exact) mass is 466 g/mol. The summed E-state index contributed by atoms with van der Waals surface area (Å²) in [7, 11) is 0. The Balaban J connectivity index is 1.79. The van der Waals surface area contributed by atoms with Gasteiger partial charge in [-0.05, 0) is 49.8 Å². The molecule has 1 heterocycles. The van der Waals surface area contributed by atoms with Gasteiger partial charge in [0.1, 0.15) is 18.2 Å². The maximum absolute atomic E-state index is 13.8. The van der Waals surface area contributed by atoms with Crippen LogP contribution in [0.4, 0.5) is 4.39 Å². The molecule has 0 fully saturated rings. The van der Waals surface area contributed by atoms with E-state index in [-0.39, 0.29) is 12.4 Å². The van der Waals surface area contributed by atoms with Crippen LogP contribution in [0.15, 0.2) is 40.9 Å². The Morgan fingerprint density at radius 3 is 2.64 bits per heavy atom. The molecule has 6 nitrogen and oxygen atoms in total. The second-order valence-electron chi connectivity index (χ2n) is 5.95. The summed E-state index contributed by atoms with van der Waals surface area (Å²) < 4.78 is 28.4. The van der Waals surface area contributed by atoms with Gasteiger partial charge in [0.15, 0.2) is 11.5 Å². The highest BCUT2D eigenvalue weighted by Crippen LogP contribution is 2.34. The molecule has 9 heteroatoms. The third-order valence-electron chi connectivity index (χ3n) is 4.02. The van der Waals surface area contributed by atoms with E-state index in [0.29, 0.717) is 35.0 Å². The summed E-state index contributed by atoms with van der Waals surface area (Å²) in [6.45, 7) is 4.83. The first-order valence-corrected chi connectivity index (χ1v) is 9.89. The predicted molar refractivity (Wildman–Crippen MR) is 111 cm³/mol. The summed E-state index contributed by atoms with van der Waals surface area (Å²) in [6.07, 6.45) is 0. The fourth-order valence-electron chi connectivity index (χ4n) is 2.59. The lowest BCUT2D eigenvalue weighted by atomic mass is 10.2. The molecule has 1 aromatic heterocycles. The highest BCUT2D eigenvalue weighted by molar-refractivity contribution is 9.10. The summed E-state index contributed by atoms with van der Waals surface area (Å²) in [5, 5.41) is 6.80. The van der Waals surface area contributed by atoms with Gasteiger partial charge in [0.25, 0.3) is 0 Å². The van der Waals surface area contributed by atoms with E-state index in [9.17, 15) is 4.39 Å². The number of rotatable bonds is 8. The van der Waals surface area contributed by atoms with E-state index in [1.807, 2.05) is 26.0 Å². The maximum Gasteiger partial charge on any atom is 0.214 e. The van der Waals surface area contributed by atoms with Gasteiger partial charge in [0.2, 0.25) is 4.77 Å². The molecular weight excluding hydrogens is 447 g/mol. The molecular formula is C19H20BrFN4O2S. The van der Waals surface area contributed by atoms with Gasteiger partial charge in [-0.25, -0.2) is 9.07 Å². The highest BCUT2D eigenvalue weighted by Gasteiger charge is 2.13. The first-order chi connectivity index (χ1) is 13.5. The summed E-state index contributed by atoms with van der Waals surface area (Å²) in [6, 6.07) is 10.2. The standard InChI is InChI=1S/C19H20BrFN4O2S/c1-3-26-17-8-14(10-22-25-12(2)23-24-19(25)28)15(20)9-18(17)27-11-13-6-4-5-7-16(13)21/h4-9,22H,3,10-11H2,1-2H3,(H,24,28). The van der Waals surface area contributed by atoms with E-state index in [2.05, 4.69) is 31.6 Å². The molecule has 2 aromatic carbocycles. The molecule has 28 heavy (non-hydrogen) atoms. The summed E-state index contributed by atoms with van der Waals surface area (Å²) in [4.78, 5) is 0. The molecule has 0 unspecified atom stereocenters. The van der Waals surface area contributed by atoms with Gasteiger partial charge in [-0.1, -0.05) is 34.1 Å². The average molecular weight is 467 g/mol. The van der Waals surface area contributed by atoms with Crippen molar-refractivity contribution in [2.24, 2.45) is 0 Å². The Labute approximate surface area is 175 Å². The van der Waals surface area contributed by atoms with Crippen LogP contribution in [0.5, 0.6) is 11.5 Å². The van der Waals surface area contributed by atoms with Crippen LogP contribution < -0.4 is 14.9 Å². The number of nitrogens with zero attached hydrogens (tertiary/aromatic N) is 2. The fraction of sp³-hybridized carbons (Fsp3) is 0.263. The molecule has 0 amide bonds. The van der Waals surface area contributed by atoms with Crippen molar-refractivity contribution in [3.63, 3.8) is 0 Å². The lowest BCUT2D eigenvalue weighted by Gasteiger charge is -2.16. The summed E-state index contributed by atoms with van der Waals surface area (Å²) in [5.41, 5.74) is 4.65. The minimum absolute atomic E-state index is 0.111. The Kier molecular flexibility index (Phi) is 6.69. The lowest BCUT2D eigenvalue weighted by Crippen LogP contribution is -2.16. The van der Waals surface area contributed by atoms with E-state index in [0.717, 1.165) is 15.9 Å².